The number of amides is 2. The number of hydrogen-bond donors (Lipinski definition) is 1. The Bertz CT molecular complexity index is 1330. The Kier molecular flexibility index (Phi) is 5.65. The molecule has 2 amide bonds. The minimum absolute atomic E-state index is 0.00443. The normalized spacial score (nSPS) is 16.5. The van der Waals surface area contributed by atoms with Crippen molar-refractivity contribution in [2.45, 2.75) is 18.5 Å². The summed E-state index contributed by atoms with van der Waals surface area (Å²) in [6.07, 6.45) is -3.01. The van der Waals surface area contributed by atoms with Crippen molar-refractivity contribution >= 4 is 29.0 Å². The molecule has 3 aromatic rings. The van der Waals surface area contributed by atoms with Gasteiger partial charge in [-0.25, -0.2) is 13.8 Å². The van der Waals surface area contributed by atoms with E-state index in [1.54, 1.807) is 18.2 Å². The Balaban J connectivity index is 1.44. The zero-order valence-corrected chi connectivity index (χ0v) is 18.6. The second-order valence-corrected chi connectivity index (χ2v) is 8.71. The number of pyridine rings is 1. The molecule has 186 valence electrons. The van der Waals surface area contributed by atoms with Gasteiger partial charge in [0.05, 0.1) is 30.8 Å². The van der Waals surface area contributed by atoms with E-state index >= 15 is 0 Å². The summed E-state index contributed by atoms with van der Waals surface area (Å²) in [6, 6.07) is 12.6. The summed E-state index contributed by atoms with van der Waals surface area (Å²) < 4.78 is 65.3. The summed E-state index contributed by atoms with van der Waals surface area (Å²) in [4.78, 5) is 33.0. The van der Waals surface area contributed by atoms with Crippen molar-refractivity contribution in [1.82, 2.24) is 4.98 Å². The average molecular weight is 502 g/mol. The lowest BCUT2D eigenvalue weighted by molar-refractivity contribution is -0.137. The van der Waals surface area contributed by atoms with Gasteiger partial charge in [-0.2, -0.15) is 13.2 Å². The molecule has 0 aliphatic carbocycles. The monoisotopic (exact) mass is 502 g/mol. The molecular weight excluding hydrogens is 483 g/mol. The molecule has 1 saturated heterocycles. The maximum absolute atomic E-state index is 13.4. The third-order valence-corrected chi connectivity index (χ3v) is 6.07. The maximum atomic E-state index is 13.4. The summed E-state index contributed by atoms with van der Waals surface area (Å²) in [6.45, 7) is -1.43. The quantitative estimate of drug-likeness (QED) is 0.523. The van der Waals surface area contributed by atoms with Crippen molar-refractivity contribution in [3.8, 4) is 11.1 Å². The van der Waals surface area contributed by atoms with Crippen LogP contribution in [0.3, 0.4) is 0 Å². The van der Waals surface area contributed by atoms with Gasteiger partial charge in [-0.3, -0.25) is 9.59 Å². The van der Waals surface area contributed by atoms with Crippen LogP contribution < -0.4 is 15.1 Å². The van der Waals surface area contributed by atoms with Crippen LogP contribution in [0.1, 0.15) is 11.1 Å². The van der Waals surface area contributed by atoms with Crippen LogP contribution in [0.25, 0.3) is 11.1 Å². The Morgan fingerprint density at radius 2 is 1.72 bits per heavy atom. The van der Waals surface area contributed by atoms with Crippen LogP contribution >= 0.6 is 0 Å². The van der Waals surface area contributed by atoms with Crippen molar-refractivity contribution in [1.29, 1.82) is 0 Å². The molecule has 1 fully saturated rings. The summed E-state index contributed by atoms with van der Waals surface area (Å²) in [7, 11) is 0. The number of benzene rings is 2. The fraction of sp³-hybridized carbons (Fsp3) is 0.240. The standard InChI is InChI=1S/C25H19F5N4O2/c26-24(27)13-33(14-24)21-10-20-19(11-31-21)18-4-2-1-3-15(18)9-23(36)34(20)12-22(35)32-17-7-5-16(6-8-17)25(28,29)30/h1-8,10-11H,9,12-14H2,(H,32,35). The van der Waals surface area contributed by atoms with Gasteiger partial charge in [0.2, 0.25) is 11.8 Å². The zero-order chi connectivity index (χ0) is 25.7. The number of rotatable bonds is 4. The minimum Gasteiger partial charge on any atom is -0.344 e. The molecule has 36 heavy (non-hydrogen) atoms. The molecular formula is C25H19F5N4O2. The van der Waals surface area contributed by atoms with Gasteiger partial charge in [-0.05, 0) is 35.4 Å². The Hall–Kier alpha value is -4.02. The Morgan fingerprint density at radius 3 is 2.39 bits per heavy atom. The number of carbonyl (C=O) groups is 2. The molecule has 0 spiro atoms. The zero-order valence-electron chi connectivity index (χ0n) is 18.6. The van der Waals surface area contributed by atoms with Crippen LogP contribution in [-0.4, -0.2) is 42.4 Å². The first-order valence-electron chi connectivity index (χ1n) is 11.0. The topological polar surface area (TPSA) is 65.5 Å². The van der Waals surface area contributed by atoms with Crippen molar-refractivity contribution in [2.24, 2.45) is 0 Å². The Labute approximate surface area is 202 Å². The molecule has 0 bridgehead atoms. The molecule has 0 radical (unpaired) electrons. The van der Waals surface area contributed by atoms with Gasteiger partial charge < -0.3 is 15.1 Å². The molecule has 6 nitrogen and oxygen atoms in total. The van der Waals surface area contributed by atoms with E-state index in [4.69, 9.17) is 0 Å². The number of anilines is 3. The molecule has 1 aromatic heterocycles. The number of nitrogens with zero attached hydrogens (tertiary/aromatic N) is 3. The highest BCUT2D eigenvalue weighted by Gasteiger charge is 2.45. The molecule has 11 heteroatoms. The van der Waals surface area contributed by atoms with Crippen LogP contribution in [0.5, 0.6) is 0 Å². The van der Waals surface area contributed by atoms with Gasteiger partial charge in [0.15, 0.2) is 0 Å². The lowest BCUT2D eigenvalue weighted by Crippen LogP contribution is -2.56. The number of nitrogens with one attached hydrogen (secondary N) is 1. The molecule has 2 aliphatic rings. The third-order valence-electron chi connectivity index (χ3n) is 6.07. The second kappa shape index (κ2) is 8.58. The first-order chi connectivity index (χ1) is 17.0. The fourth-order valence-corrected chi connectivity index (χ4v) is 4.30. The van der Waals surface area contributed by atoms with Crippen LogP contribution in [0, 0.1) is 0 Å². The highest BCUT2D eigenvalue weighted by Crippen LogP contribution is 2.40. The number of fused-ring (bicyclic) bond motifs is 3. The molecule has 1 N–H and O–H groups in total. The molecule has 2 aromatic carbocycles. The maximum Gasteiger partial charge on any atom is 0.416 e. The number of hydrogen-bond acceptors (Lipinski definition) is 4. The van der Waals surface area contributed by atoms with E-state index in [-0.39, 0.29) is 17.9 Å². The number of alkyl halides is 5. The van der Waals surface area contributed by atoms with Crippen molar-refractivity contribution < 1.29 is 31.5 Å². The summed E-state index contributed by atoms with van der Waals surface area (Å²) in [5.74, 6) is -3.60. The molecule has 0 saturated carbocycles. The van der Waals surface area contributed by atoms with Crippen LogP contribution in [0.2, 0.25) is 0 Å². The van der Waals surface area contributed by atoms with E-state index in [0.29, 0.717) is 11.3 Å². The highest BCUT2D eigenvalue weighted by atomic mass is 19.4. The largest absolute Gasteiger partial charge is 0.416 e. The van der Waals surface area contributed by atoms with Gasteiger partial charge >= 0.3 is 6.18 Å². The SMILES string of the molecule is O=C(CN1C(=O)Cc2ccccc2-c2cnc(N3CC(F)(F)C3)cc21)Nc1ccc(C(F)(F)F)cc1. The van der Waals surface area contributed by atoms with Crippen LogP contribution in [-0.2, 0) is 22.2 Å². The Morgan fingerprint density at radius 1 is 1.03 bits per heavy atom. The molecule has 0 unspecified atom stereocenters. The van der Waals surface area contributed by atoms with Crippen LogP contribution in [0.4, 0.5) is 39.1 Å². The van der Waals surface area contributed by atoms with Gasteiger partial charge in [0.1, 0.15) is 12.4 Å². The van der Waals surface area contributed by atoms with Gasteiger partial charge in [-0.1, -0.05) is 24.3 Å². The molecule has 2 aliphatic heterocycles. The third kappa shape index (κ3) is 4.60. The van der Waals surface area contributed by atoms with E-state index in [9.17, 15) is 31.5 Å². The van der Waals surface area contributed by atoms with Gasteiger partial charge in [-0.15, -0.1) is 0 Å². The fourth-order valence-electron chi connectivity index (χ4n) is 4.30. The van der Waals surface area contributed by atoms with E-state index < -0.39 is 49.1 Å². The van der Waals surface area contributed by atoms with E-state index in [1.165, 1.54) is 22.1 Å². The number of halogens is 5. The summed E-state index contributed by atoms with van der Waals surface area (Å²) >= 11 is 0. The van der Waals surface area contributed by atoms with Crippen LogP contribution in [0.15, 0.2) is 60.8 Å². The molecule has 0 atom stereocenters. The second-order valence-electron chi connectivity index (χ2n) is 8.71. The van der Waals surface area contributed by atoms with Gasteiger partial charge in [0, 0.05) is 23.5 Å². The molecule has 3 heterocycles. The predicted octanol–water partition coefficient (Wildman–Crippen LogP) is 4.75. The van der Waals surface area contributed by atoms with Gasteiger partial charge in [0.25, 0.3) is 5.92 Å². The summed E-state index contributed by atoms with van der Waals surface area (Å²) in [5, 5.41) is 2.51. The van der Waals surface area contributed by atoms with Crippen molar-refractivity contribution in [2.75, 3.05) is 34.8 Å². The average Bonchev–Trinajstić information content (AvgIpc) is 2.91. The highest BCUT2D eigenvalue weighted by molar-refractivity contribution is 6.07. The minimum atomic E-state index is -4.51. The van der Waals surface area contributed by atoms with E-state index in [1.807, 2.05) is 6.07 Å². The van der Waals surface area contributed by atoms with Crippen molar-refractivity contribution in [3.63, 3.8) is 0 Å². The lowest BCUT2D eigenvalue weighted by atomic mass is 9.99. The summed E-state index contributed by atoms with van der Waals surface area (Å²) in [5.41, 5.74) is 1.64. The molecule has 5 rings (SSSR count). The first-order valence-corrected chi connectivity index (χ1v) is 11.0. The smallest absolute Gasteiger partial charge is 0.344 e. The number of aromatic nitrogens is 1. The predicted molar refractivity (Wildman–Crippen MR) is 123 cm³/mol. The number of carbonyl (C=O) groups excluding carboxylic acids is 2. The van der Waals surface area contributed by atoms with E-state index in [2.05, 4.69) is 10.3 Å². The van der Waals surface area contributed by atoms with E-state index in [0.717, 1.165) is 35.4 Å². The van der Waals surface area contributed by atoms with Crippen molar-refractivity contribution in [3.05, 3.63) is 71.9 Å². The first kappa shape index (κ1) is 23.7. The lowest BCUT2D eigenvalue weighted by Gasteiger charge is -2.40.